The molecule has 3 N–H and O–H groups in total. The number of nitriles is 1. The van der Waals surface area contributed by atoms with E-state index in [4.69, 9.17) is 11.0 Å². The standard InChI is InChI=1S/C13H14N4O3/c14-7-8-6-9(17(19)20)4-5-12(8)16-13(18)10-2-1-3-11(10)15/h4-6,10-11H,1-3,15H2,(H,16,18). The lowest BCUT2D eigenvalue weighted by molar-refractivity contribution is -0.384. The highest BCUT2D eigenvalue weighted by atomic mass is 16.6. The number of hydrogen-bond donors (Lipinski definition) is 2. The molecule has 104 valence electrons. The Morgan fingerprint density at radius 3 is 2.80 bits per heavy atom. The fourth-order valence-corrected chi connectivity index (χ4v) is 2.39. The second kappa shape index (κ2) is 5.67. The van der Waals surface area contributed by atoms with Crippen molar-refractivity contribution in [3.05, 3.63) is 33.9 Å². The van der Waals surface area contributed by atoms with Crippen LogP contribution >= 0.6 is 0 Å². The molecule has 0 aromatic heterocycles. The van der Waals surface area contributed by atoms with Gasteiger partial charge in [0, 0.05) is 18.2 Å². The summed E-state index contributed by atoms with van der Waals surface area (Å²) < 4.78 is 0. The number of nitrogens with zero attached hydrogens (tertiary/aromatic N) is 2. The van der Waals surface area contributed by atoms with Crippen LogP contribution in [0.5, 0.6) is 0 Å². The third-order valence-corrected chi connectivity index (χ3v) is 3.50. The molecule has 0 spiro atoms. The molecule has 1 aromatic rings. The van der Waals surface area contributed by atoms with E-state index in [-0.39, 0.29) is 34.8 Å². The van der Waals surface area contributed by atoms with Gasteiger partial charge in [-0.1, -0.05) is 6.42 Å². The zero-order valence-electron chi connectivity index (χ0n) is 10.7. The van der Waals surface area contributed by atoms with Crippen LogP contribution in [0, 0.1) is 27.4 Å². The second-order valence-electron chi connectivity index (χ2n) is 4.79. The van der Waals surface area contributed by atoms with Gasteiger partial charge in [-0.15, -0.1) is 0 Å². The molecule has 1 fully saturated rings. The van der Waals surface area contributed by atoms with Crippen molar-refractivity contribution in [1.29, 1.82) is 5.26 Å². The van der Waals surface area contributed by atoms with Crippen LogP contribution in [0.1, 0.15) is 24.8 Å². The van der Waals surface area contributed by atoms with Gasteiger partial charge in [-0.2, -0.15) is 5.26 Å². The SMILES string of the molecule is N#Cc1cc([N+](=O)[O-])ccc1NC(=O)C1CCCC1N. The van der Waals surface area contributed by atoms with E-state index in [0.717, 1.165) is 25.3 Å². The lowest BCUT2D eigenvalue weighted by Crippen LogP contribution is -2.34. The molecule has 20 heavy (non-hydrogen) atoms. The van der Waals surface area contributed by atoms with Gasteiger partial charge in [-0.05, 0) is 18.9 Å². The predicted molar refractivity (Wildman–Crippen MR) is 71.8 cm³/mol. The molecule has 1 saturated carbocycles. The first kappa shape index (κ1) is 14.0. The maximum absolute atomic E-state index is 12.1. The largest absolute Gasteiger partial charge is 0.327 e. The van der Waals surface area contributed by atoms with E-state index < -0.39 is 4.92 Å². The minimum Gasteiger partial charge on any atom is -0.327 e. The third-order valence-electron chi connectivity index (χ3n) is 3.50. The van der Waals surface area contributed by atoms with Crippen LogP contribution in [0.2, 0.25) is 0 Å². The van der Waals surface area contributed by atoms with Gasteiger partial charge in [0.05, 0.1) is 22.1 Å². The van der Waals surface area contributed by atoms with Crippen LogP contribution in [-0.4, -0.2) is 16.9 Å². The van der Waals surface area contributed by atoms with Crippen LogP contribution in [0.4, 0.5) is 11.4 Å². The minimum absolute atomic E-state index is 0.0686. The van der Waals surface area contributed by atoms with Crippen LogP contribution in [0.3, 0.4) is 0 Å². The summed E-state index contributed by atoms with van der Waals surface area (Å²) >= 11 is 0. The summed E-state index contributed by atoms with van der Waals surface area (Å²) in [6.07, 6.45) is 2.44. The molecule has 1 aromatic carbocycles. The fraction of sp³-hybridized carbons (Fsp3) is 0.385. The number of carbonyl (C=O) groups excluding carboxylic acids is 1. The highest BCUT2D eigenvalue weighted by molar-refractivity contribution is 5.94. The van der Waals surface area contributed by atoms with E-state index in [1.165, 1.54) is 12.1 Å². The highest BCUT2D eigenvalue weighted by Crippen LogP contribution is 2.27. The molecule has 1 amide bonds. The molecule has 2 unspecified atom stereocenters. The summed E-state index contributed by atoms with van der Waals surface area (Å²) in [4.78, 5) is 22.1. The van der Waals surface area contributed by atoms with E-state index in [1.54, 1.807) is 0 Å². The Balaban J connectivity index is 2.19. The predicted octanol–water partition coefficient (Wildman–Crippen LogP) is 1.53. The first-order valence-electron chi connectivity index (χ1n) is 6.28. The van der Waals surface area contributed by atoms with Gasteiger partial charge in [0.2, 0.25) is 5.91 Å². The molecule has 0 aliphatic heterocycles. The monoisotopic (exact) mass is 274 g/mol. The number of benzene rings is 1. The Hall–Kier alpha value is -2.46. The Morgan fingerprint density at radius 1 is 1.50 bits per heavy atom. The van der Waals surface area contributed by atoms with Gasteiger partial charge in [0.25, 0.3) is 5.69 Å². The van der Waals surface area contributed by atoms with Gasteiger partial charge in [-0.25, -0.2) is 0 Å². The van der Waals surface area contributed by atoms with Gasteiger partial charge >= 0.3 is 0 Å². The van der Waals surface area contributed by atoms with Crippen LogP contribution in [0.15, 0.2) is 18.2 Å². The van der Waals surface area contributed by atoms with Crippen LogP contribution in [-0.2, 0) is 4.79 Å². The van der Waals surface area contributed by atoms with Crippen molar-refractivity contribution in [1.82, 2.24) is 0 Å². The number of amides is 1. The molecule has 0 bridgehead atoms. The van der Waals surface area contributed by atoms with Crippen molar-refractivity contribution in [3.8, 4) is 6.07 Å². The summed E-state index contributed by atoms with van der Waals surface area (Å²) in [6.45, 7) is 0. The van der Waals surface area contributed by atoms with Crippen molar-refractivity contribution in [2.24, 2.45) is 11.7 Å². The smallest absolute Gasteiger partial charge is 0.270 e. The number of hydrogen-bond acceptors (Lipinski definition) is 5. The summed E-state index contributed by atoms with van der Waals surface area (Å²) in [7, 11) is 0. The van der Waals surface area contributed by atoms with Gasteiger partial charge < -0.3 is 11.1 Å². The molecule has 2 atom stereocenters. The lowest BCUT2D eigenvalue weighted by atomic mass is 10.0. The van der Waals surface area contributed by atoms with Crippen LogP contribution in [0.25, 0.3) is 0 Å². The number of non-ortho nitro benzene ring substituents is 1. The molecular weight excluding hydrogens is 260 g/mol. The van der Waals surface area contributed by atoms with E-state index in [2.05, 4.69) is 5.32 Å². The van der Waals surface area contributed by atoms with E-state index in [1.807, 2.05) is 6.07 Å². The van der Waals surface area contributed by atoms with Crippen molar-refractivity contribution < 1.29 is 9.72 Å². The zero-order valence-corrected chi connectivity index (χ0v) is 10.7. The fourth-order valence-electron chi connectivity index (χ4n) is 2.39. The van der Waals surface area contributed by atoms with Crippen molar-refractivity contribution in [2.45, 2.75) is 25.3 Å². The zero-order chi connectivity index (χ0) is 14.7. The quantitative estimate of drug-likeness (QED) is 0.639. The average Bonchev–Trinajstić information content (AvgIpc) is 2.85. The Labute approximate surface area is 115 Å². The average molecular weight is 274 g/mol. The number of nitro benzene ring substituents is 1. The first-order chi connectivity index (χ1) is 9.52. The Bertz CT molecular complexity index is 594. The number of nitro groups is 1. The number of anilines is 1. The maximum Gasteiger partial charge on any atom is 0.270 e. The number of rotatable bonds is 3. The molecule has 0 saturated heterocycles. The van der Waals surface area contributed by atoms with Gasteiger partial charge in [-0.3, -0.25) is 14.9 Å². The number of nitrogens with one attached hydrogen (secondary N) is 1. The summed E-state index contributed by atoms with van der Waals surface area (Å²) in [6, 6.07) is 5.45. The Morgan fingerprint density at radius 2 is 2.25 bits per heavy atom. The first-order valence-corrected chi connectivity index (χ1v) is 6.28. The van der Waals surface area contributed by atoms with Crippen molar-refractivity contribution >= 4 is 17.3 Å². The molecule has 0 heterocycles. The summed E-state index contributed by atoms with van der Waals surface area (Å²) in [5.74, 6) is -0.503. The van der Waals surface area contributed by atoms with E-state index >= 15 is 0 Å². The summed E-state index contributed by atoms with van der Waals surface area (Å²) in [5, 5.41) is 22.3. The molecule has 7 nitrogen and oxygen atoms in total. The lowest BCUT2D eigenvalue weighted by Gasteiger charge is -2.15. The molecular formula is C13H14N4O3. The number of nitrogens with two attached hydrogens (primary N) is 1. The van der Waals surface area contributed by atoms with Crippen molar-refractivity contribution in [2.75, 3.05) is 5.32 Å². The normalized spacial score (nSPS) is 21.2. The van der Waals surface area contributed by atoms with Crippen molar-refractivity contribution in [3.63, 3.8) is 0 Å². The topological polar surface area (TPSA) is 122 Å². The summed E-state index contributed by atoms with van der Waals surface area (Å²) in [5.41, 5.74) is 6.02. The molecule has 7 heteroatoms. The maximum atomic E-state index is 12.1. The van der Waals surface area contributed by atoms with Crippen LogP contribution < -0.4 is 11.1 Å². The van der Waals surface area contributed by atoms with E-state index in [9.17, 15) is 14.9 Å². The molecule has 0 radical (unpaired) electrons. The van der Waals surface area contributed by atoms with Gasteiger partial charge in [0.15, 0.2) is 0 Å². The van der Waals surface area contributed by atoms with Gasteiger partial charge in [0.1, 0.15) is 6.07 Å². The minimum atomic E-state index is -0.584. The number of carbonyl (C=O) groups is 1. The molecule has 1 aliphatic carbocycles. The Kier molecular flexibility index (Phi) is 3.96. The second-order valence-corrected chi connectivity index (χ2v) is 4.79. The molecule has 2 rings (SSSR count). The molecule has 1 aliphatic rings. The highest BCUT2D eigenvalue weighted by Gasteiger charge is 2.30. The third kappa shape index (κ3) is 2.75. The van der Waals surface area contributed by atoms with E-state index in [0.29, 0.717) is 0 Å².